The maximum atomic E-state index is 11.7. The molecule has 0 amide bonds. The Bertz CT molecular complexity index is 428. The topological polar surface area (TPSA) is 51.2 Å². The summed E-state index contributed by atoms with van der Waals surface area (Å²) in [4.78, 5) is 11.5. The smallest absolute Gasteiger partial charge is 0.156 e. The molecule has 0 aromatic rings. The maximum Gasteiger partial charge on any atom is 0.156 e. The van der Waals surface area contributed by atoms with Crippen LogP contribution >= 0.6 is 0 Å². The average Bonchev–Trinajstić information content (AvgIpc) is 2.11. The average molecular weight is 258 g/mol. The molecule has 3 nitrogen and oxygen atoms in total. The Morgan fingerprint density at radius 3 is 2.35 bits per heavy atom. The lowest BCUT2D eigenvalue weighted by molar-refractivity contribution is -0.117. The maximum absolute atomic E-state index is 11.7. The molecule has 0 unspecified atom stereocenters. The Labute approximate surface area is 104 Å². The monoisotopic (exact) mass is 258 g/mol. The van der Waals surface area contributed by atoms with E-state index in [0.717, 1.165) is 12.0 Å². The van der Waals surface area contributed by atoms with Crippen molar-refractivity contribution < 1.29 is 13.2 Å². The summed E-state index contributed by atoms with van der Waals surface area (Å²) in [5.41, 5.74) is 0.957. The summed E-state index contributed by atoms with van der Waals surface area (Å²) in [6.45, 7) is 7.49. The van der Waals surface area contributed by atoms with E-state index in [1.807, 2.05) is 0 Å². The highest BCUT2D eigenvalue weighted by Gasteiger charge is 2.28. The molecule has 0 heterocycles. The molecule has 0 aromatic heterocycles. The van der Waals surface area contributed by atoms with Gasteiger partial charge in [0.25, 0.3) is 0 Å². The first-order valence-electron chi connectivity index (χ1n) is 6.06. The van der Waals surface area contributed by atoms with Gasteiger partial charge in [0.1, 0.15) is 0 Å². The van der Waals surface area contributed by atoms with E-state index in [1.165, 1.54) is 0 Å². The van der Waals surface area contributed by atoms with Crippen molar-refractivity contribution in [2.75, 3.05) is 5.75 Å². The number of hydrogen-bond acceptors (Lipinski definition) is 3. The Morgan fingerprint density at radius 2 is 1.88 bits per heavy atom. The summed E-state index contributed by atoms with van der Waals surface area (Å²) in [5, 5.41) is -0.338. The van der Waals surface area contributed by atoms with Crippen LogP contribution in [0.2, 0.25) is 0 Å². The standard InChI is InChI=1S/C13H22O3S/c1-10(2)17(15,16)6-5-11-7-12(14)9-13(3,4)8-11/h7,10H,5-6,8-9H2,1-4H3. The van der Waals surface area contributed by atoms with Crippen molar-refractivity contribution in [1.29, 1.82) is 0 Å². The molecule has 0 saturated carbocycles. The van der Waals surface area contributed by atoms with E-state index in [4.69, 9.17) is 0 Å². The second-order valence-corrected chi connectivity index (χ2v) is 8.63. The van der Waals surface area contributed by atoms with Crippen LogP contribution in [0, 0.1) is 5.41 Å². The molecule has 0 spiro atoms. The number of carbonyl (C=O) groups is 1. The highest BCUT2D eigenvalue weighted by atomic mass is 32.2. The Kier molecular flexibility index (Phi) is 4.18. The highest BCUT2D eigenvalue weighted by molar-refractivity contribution is 7.91. The molecule has 1 rings (SSSR count). The van der Waals surface area contributed by atoms with Crippen LogP contribution < -0.4 is 0 Å². The van der Waals surface area contributed by atoms with Crippen LogP contribution in [0.25, 0.3) is 0 Å². The van der Waals surface area contributed by atoms with Crippen molar-refractivity contribution in [1.82, 2.24) is 0 Å². The highest BCUT2D eigenvalue weighted by Crippen LogP contribution is 2.35. The predicted octanol–water partition coefficient (Wildman–Crippen LogP) is 2.52. The lowest BCUT2D eigenvalue weighted by atomic mass is 9.76. The number of carbonyl (C=O) groups excluding carboxylic acids is 1. The molecule has 0 N–H and O–H groups in total. The van der Waals surface area contributed by atoms with E-state index in [2.05, 4.69) is 13.8 Å². The Balaban J connectivity index is 2.68. The first-order chi connectivity index (χ1) is 7.62. The molecule has 0 saturated heterocycles. The number of sulfone groups is 1. The van der Waals surface area contributed by atoms with E-state index in [1.54, 1.807) is 19.9 Å². The molecular weight excluding hydrogens is 236 g/mol. The summed E-state index contributed by atoms with van der Waals surface area (Å²) >= 11 is 0. The van der Waals surface area contributed by atoms with Crippen LogP contribution in [-0.4, -0.2) is 25.2 Å². The fourth-order valence-corrected chi connectivity index (χ4v) is 3.17. The molecule has 0 fully saturated rings. The van der Waals surface area contributed by atoms with E-state index in [0.29, 0.717) is 12.8 Å². The van der Waals surface area contributed by atoms with Gasteiger partial charge in [-0.15, -0.1) is 0 Å². The molecule has 0 atom stereocenters. The third-order valence-corrected chi connectivity index (χ3v) is 5.36. The molecule has 0 radical (unpaired) electrons. The molecule has 0 aliphatic heterocycles. The van der Waals surface area contributed by atoms with Crippen molar-refractivity contribution in [3.8, 4) is 0 Å². The quantitative estimate of drug-likeness (QED) is 0.778. The van der Waals surface area contributed by atoms with Gasteiger partial charge in [-0.2, -0.15) is 0 Å². The normalized spacial score (nSPS) is 20.5. The number of rotatable bonds is 4. The van der Waals surface area contributed by atoms with Crippen LogP contribution in [0.3, 0.4) is 0 Å². The van der Waals surface area contributed by atoms with Gasteiger partial charge in [-0.3, -0.25) is 4.79 Å². The first-order valence-corrected chi connectivity index (χ1v) is 7.78. The molecule has 1 aliphatic rings. The van der Waals surface area contributed by atoms with Gasteiger partial charge in [-0.1, -0.05) is 19.4 Å². The fraction of sp³-hybridized carbons (Fsp3) is 0.769. The number of allylic oxidation sites excluding steroid dienone is 2. The second-order valence-electron chi connectivity index (χ2n) is 5.95. The summed E-state index contributed by atoms with van der Waals surface area (Å²) in [5.74, 6) is 0.276. The largest absolute Gasteiger partial charge is 0.295 e. The third-order valence-electron chi connectivity index (χ3n) is 3.15. The van der Waals surface area contributed by atoms with Crippen LogP contribution in [0.1, 0.15) is 47.0 Å². The molecule has 1 aliphatic carbocycles. The lowest BCUT2D eigenvalue weighted by Gasteiger charge is -2.28. The molecule has 98 valence electrons. The van der Waals surface area contributed by atoms with Gasteiger partial charge >= 0.3 is 0 Å². The van der Waals surface area contributed by atoms with E-state index < -0.39 is 9.84 Å². The summed E-state index contributed by atoms with van der Waals surface area (Å²) in [6, 6.07) is 0. The van der Waals surface area contributed by atoms with Gasteiger partial charge in [0.2, 0.25) is 0 Å². The molecule has 4 heteroatoms. The van der Waals surface area contributed by atoms with Crippen molar-refractivity contribution in [2.24, 2.45) is 5.41 Å². The van der Waals surface area contributed by atoms with E-state index in [-0.39, 0.29) is 22.2 Å². The van der Waals surface area contributed by atoms with Crippen LogP contribution in [0.15, 0.2) is 11.6 Å². The summed E-state index contributed by atoms with van der Waals surface area (Å²) in [6.07, 6.45) is 3.52. The minimum Gasteiger partial charge on any atom is -0.295 e. The van der Waals surface area contributed by atoms with Crippen LogP contribution in [0.4, 0.5) is 0 Å². The van der Waals surface area contributed by atoms with Crippen molar-refractivity contribution >= 4 is 15.6 Å². The first kappa shape index (κ1) is 14.4. The Morgan fingerprint density at radius 1 is 1.29 bits per heavy atom. The van der Waals surface area contributed by atoms with Crippen molar-refractivity contribution in [2.45, 2.75) is 52.2 Å². The minimum atomic E-state index is -3.00. The van der Waals surface area contributed by atoms with E-state index >= 15 is 0 Å². The van der Waals surface area contributed by atoms with Gasteiger partial charge in [0, 0.05) is 6.42 Å². The predicted molar refractivity (Wildman–Crippen MR) is 69.6 cm³/mol. The molecular formula is C13H22O3S. The van der Waals surface area contributed by atoms with Crippen molar-refractivity contribution in [3.05, 3.63) is 11.6 Å². The zero-order valence-electron chi connectivity index (χ0n) is 11.1. The summed E-state index contributed by atoms with van der Waals surface area (Å²) in [7, 11) is -3.00. The van der Waals surface area contributed by atoms with Crippen molar-refractivity contribution in [3.63, 3.8) is 0 Å². The second kappa shape index (κ2) is 4.92. The third kappa shape index (κ3) is 4.26. The van der Waals surface area contributed by atoms with Gasteiger partial charge in [0.15, 0.2) is 15.6 Å². The molecule has 17 heavy (non-hydrogen) atoms. The lowest BCUT2D eigenvalue weighted by Crippen LogP contribution is -2.24. The van der Waals surface area contributed by atoms with Gasteiger partial charge in [-0.05, 0) is 38.2 Å². The van der Waals surface area contributed by atoms with Gasteiger partial charge in [0.05, 0.1) is 11.0 Å². The number of hydrogen-bond donors (Lipinski definition) is 0. The minimum absolute atomic E-state index is 0.0250. The van der Waals surface area contributed by atoms with Crippen LogP contribution in [-0.2, 0) is 14.6 Å². The SMILES string of the molecule is CC(C)S(=O)(=O)CCC1=CC(=O)CC(C)(C)C1. The van der Waals surface area contributed by atoms with Gasteiger partial charge < -0.3 is 0 Å². The zero-order valence-corrected chi connectivity index (χ0v) is 11.9. The molecule has 0 aromatic carbocycles. The van der Waals surface area contributed by atoms with E-state index in [9.17, 15) is 13.2 Å². The fourth-order valence-electron chi connectivity index (χ4n) is 2.15. The zero-order chi connectivity index (χ0) is 13.3. The number of ketones is 1. The van der Waals surface area contributed by atoms with Crippen LogP contribution in [0.5, 0.6) is 0 Å². The molecule has 0 bridgehead atoms. The van der Waals surface area contributed by atoms with Gasteiger partial charge in [-0.25, -0.2) is 8.42 Å². The Hall–Kier alpha value is -0.640. The summed E-state index contributed by atoms with van der Waals surface area (Å²) < 4.78 is 23.4.